The van der Waals surface area contributed by atoms with Crippen LogP contribution in [0.25, 0.3) is 16.9 Å². The number of carbonyl (C=O) groups excluding carboxylic acids is 1. The van der Waals surface area contributed by atoms with Gasteiger partial charge in [0.15, 0.2) is 0 Å². The Labute approximate surface area is 195 Å². The zero-order valence-electron chi connectivity index (χ0n) is 19.6. The number of rotatable bonds is 8. The van der Waals surface area contributed by atoms with Gasteiger partial charge in [-0.05, 0) is 56.6 Å². The maximum atomic E-state index is 13.2. The Morgan fingerprint density at radius 3 is 2.70 bits per heavy atom. The van der Waals surface area contributed by atoms with E-state index in [0.717, 1.165) is 67.5 Å². The number of ether oxygens (including phenoxy) is 2. The molecule has 1 aromatic heterocycles. The smallest absolute Gasteiger partial charge is 0.270 e. The Morgan fingerprint density at radius 1 is 1.12 bits per heavy atom. The maximum Gasteiger partial charge on any atom is 0.270 e. The van der Waals surface area contributed by atoms with Crippen molar-refractivity contribution in [2.75, 3.05) is 46.5 Å². The SMILES string of the molecule is COc1cccc(-c2cc(C(=O)NCCCN3CCOCC3)n(-c3ccc(C)cc3C)n2)c1. The molecule has 0 saturated carbocycles. The molecule has 33 heavy (non-hydrogen) atoms. The largest absolute Gasteiger partial charge is 0.497 e. The van der Waals surface area contributed by atoms with Gasteiger partial charge in [0, 0.05) is 25.2 Å². The van der Waals surface area contributed by atoms with Crippen molar-refractivity contribution in [3.8, 4) is 22.7 Å². The molecule has 1 N–H and O–H groups in total. The third-order valence-corrected chi connectivity index (χ3v) is 5.93. The topological polar surface area (TPSA) is 68.6 Å². The third-order valence-electron chi connectivity index (χ3n) is 5.93. The minimum atomic E-state index is -0.126. The van der Waals surface area contributed by atoms with Gasteiger partial charge in [-0.1, -0.05) is 29.8 Å². The number of hydrogen-bond donors (Lipinski definition) is 1. The second-order valence-electron chi connectivity index (χ2n) is 8.41. The van der Waals surface area contributed by atoms with E-state index >= 15 is 0 Å². The van der Waals surface area contributed by atoms with Gasteiger partial charge in [-0.15, -0.1) is 0 Å². The van der Waals surface area contributed by atoms with E-state index in [0.29, 0.717) is 12.2 Å². The molecular formula is C26H32N4O3. The number of amides is 1. The van der Waals surface area contributed by atoms with Gasteiger partial charge in [0.25, 0.3) is 5.91 Å². The van der Waals surface area contributed by atoms with Crippen molar-refractivity contribution < 1.29 is 14.3 Å². The summed E-state index contributed by atoms with van der Waals surface area (Å²) in [6, 6.07) is 15.7. The Morgan fingerprint density at radius 2 is 1.94 bits per heavy atom. The van der Waals surface area contributed by atoms with Crippen LogP contribution in [-0.2, 0) is 4.74 Å². The fourth-order valence-electron chi connectivity index (χ4n) is 4.11. The van der Waals surface area contributed by atoms with E-state index in [1.165, 1.54) is 5.56 Å². The van der Waals surface area contributed by atoms with E-state index in [4.69, 9.17) is 14.6 Å². The Balaban J connectivity index is 1.56. The van der Waals surface area contributed by atoms with Crippen LogP contribution in [0.1, 0.15) is 28.0 Å². The Kier molecular flexibility index (Phi) is 7.42. The number of benzene rings is 2. The van der Waals surface area contributed by atoms with Crippen LogP contribution in [-0.4, -0.2) is 67.1 Å². The van der Waals surface area contributed by atoms with Gasteiger partial charge in [0.2, 0.25) is 0 Å². The van der Waals surface area contributed by atoms with Crippen molar-refractivity contribution in [1.29, 1.82) is 0 Å². The molecule has 174 valence electrons. The van der Waals surface area contributed by atoms with Crippen molar-refractivity contribution >= 4 is 5.91 Å². The highest BCUT2D eigenvalue weighted by molar-refractivity contribution is 5.94. The van der Waals surface area contributed by atoms with Gasteiger partial charge in [0.1, 0.15) is 11.4 Å². The number of methoxy groups -OCH3 is 1. The molecule has 0 atom stereocenters. The molecule has 1 fully saturated rings. The number of carbonyl (C=O) groups is 1. The molecule has 3 aromatic rings. The standard InChI is InChI=1S/C26H32N4O3/c1-19-8-9-24(20(2)16-19)30-25(18-23(28-30)21-6-4-7-22(17-21)32-3)26(31)27-10-5-11-29-12-14-33-15-13-29/h4,6-9,16-18H,5,10-15H2,1-3H3,(H,27,31). The molecule has 0 unspecified atom stereocenters. The van der Waals surface area contributed by atoms with Crippen LogP contribution >= 0.6 is 0 Å². The van der Waals surface area contributed by atoms with Crippen molar-refractivity contribution in [2.24, 2.45) is 0 Å². The number of nitrogens with one attached hydrogen (secondary N) is 1. The number of aromatic nitrogens is 2. The monoisotopic (exact) mass is 448 g/mol. The minimum Gasteiger partial charge on any atom is -0.497 e. The highest BCUT2D eigenvalue weighted by atomic mass is 16.5. The predicted molar refractivity (Wildman–Crippen MR) is 129 cm³/mol. The Hall–Kier alpha value is -3.16. The molecule has 0 aliphatic carbocycles. The molecule has 2 heterocycles. The summed E-state index contributed by atoms with van der Waals surface area (Å²) in [6.07, 6.45) is 0.895. The van der Waals surface area contributed by atoms with Gasteiger partial charge in [-0.3, -0.25) is 9.69 Å². The lowest BCUT2D eigenvalue weighted by molar-refractivity contribution is 0.0374. The van der Waals surface area contributed by atoms with Crippen LogP contribution < -0.4 is 10.1 Å². The van der Waals surface area contributed by atoms with Gasteiger partial charge in [-0.25, -0.2) is 4.68 Å². The molecular weight excluding hydrogens is 416 g/mol. The van der Waals surface area contributed by atoms with Crippen LogP contribution in [0.15, 0.2) is 48.5 Å². The number of hydrogen-bond acceptors (Lipinski definition) is 5. The molecule has 1 saturated heterocycles. The van der Waals surface area contributed by atoms with Crippen molar-refractivity contribution in [2.45, 2.75) is 20.3 Å². The lowest BCUT2D eigenvalue weighted by Crippen LogP contribution is -2.38. The first kappa shape index (κ1) is 23.0. The van der Waals surface area contributed by atoms with E-state index in [-0.39, 0.29) is 5.91 Å². The first-order valence-corrected chi connectivity index (χ1v) is 11.5. The van der Waals surface area contributed by atoms with E-state index < -0.39 is 0 Å². The molecule has 1 aliphatic rings. The molecule has 1 amide bonds. The van der Waals surface area contributed by atoms with Crippen LogP contribution in [0.3, 0.4) is 0 Å². The fraction of sp³-hybridized carbons (Fsp3) is 0.385. The summed E-state index contributed by atoms with van der Waals surface area (Å²) in [5.41, 5.74) is 5.29. The van der Waals surface area contributed by atoms with Crippen LogP contribution in [0, 0.1) is 13.8 Å². The van der Waals surface area contributed by atoms with Gasteiger partial charge in [0.05, 0.1) is 31.7 Å². The quantitative estimate of drug-likeness (QED) is 0.533. The normalized spacial score (nSPS) is 14.3. The molecule has 0 spiro atoms. The fourth-order valence-corrected chi connectivity index (χ4v) is 4.11. The van der Waals surface area contributed by atoms with Gasteiger partial charge >= 0.3 is 0 Å². The molecule has 2 aromatic carbocycles. The highest BCUT2D eigenvalue weighted by Crippen LogP contribution is 2.26. The predicted octanol–water partition coefficient (Wildman–Crippen LogP) is 3.62. The van der Waals surface area contributed by atoms with Crippen LogP contribution in [0.5, 0.6) is 5.75 Å². The van der Waals surface area contributed by atoms with Gasteiger partial charge < -0.3 is 14.8 Å². The zero-order valence-corrected chi connectivity index (χ0v) is 19.6. The first-order valence-electron chi connectivity index (χ1n) is 11.5. The lowest BCUT2D eigenvalue weighted by Gasteiger charge is -2.26. The molecule has 7 heteroatoms. The number of nitrogens with zero attached hydrogens (tertiary/aromatic N) is 3. The first-order chi connectivity index (χ1) is 16.0. The molecule has 1 aliphatic heterocycles. The summed E-state index contributed by atoms with van der Waals surface area (Å²) in [5, 5.41) is 7.90. The van der Waals surface area contributed by atoms with Crippen molar-refractivity contribution in [3.63, 3.8) is 0 Å². The van der Waals surface area contributed by atoms with Crippen LogP contribution in [0.2, 0.25) is 0 Å². The summed E-state index contributed by atoms with van der Waals surface area (Å²) >= 11 is 0. The highest BCUT2D eigenvalue weighted by Gasteiger charge is 2.19. The van der Waals surface area contributed by atoms with Crippen molar-refractivity contribution in [1.82, 2.24) is 20.0 Å². The maximum absolute atomic E-state index is 13.2. The lowest BCUT2D eigenvalue weighted by atomic mass is 10.1. The average Bonchev–Trinajstić information content (AvgIpc) is 3.28. The summed E-state index contributed by atoms with van der Waals surface area (Å²) < 4.78 is 12.5. The molecule has 0 radical (unpaired) electrons. The number of aryl methyl sites for hydroxylation is 2. The third kappa shape index (κ3) is 5.61. The van der Waals surface area contributed by atoms with E-state index in [9.17, 15) is 4.79 Å². The summed E-state index contributed by atoms with van der Waals surface area (Å²) in [4.78, 5) is 15.6. The van der Waals surface area contributed by atoms with Gasteiger partial charge in [-0.2, -0.15) is 5.10 Å². The second-order valence-corrected chi connectivity index (χ2v) is 8.41. The van der Waals surface area contributed by atoms with Crippen LogP contribution in [0.4, 0.5) is 0 Å². The molecule has 0 bridgehead atoms. The minimum absolute atomic E-state index is 0.126. The zero-order chi connectivity index (χ0) is 23.2. The molecule has 4 rings (SSSR count). The summed E-state index contributed by atoms with van der Waals surface area (Å²) in [7, 11) is 1.64. The second kappa shape index (κ2) is 10.6. The Bertz CT molecular complexity index is 1100. The summed E-state index contributed by atoms with van der Waals surface area (Å²) in [6.45, 7) is 9.15. The van der Waals surface area contributed by atoms with Crippen molar-refractivity contribution in [3.05, 3.63) is 65.4 Å². The number of morpholine rings is 1. The van der Waals surface area contributed by atoms with E-state index in [2.05, 4.69) is 23.2 Å². The van der Waals surface area contributed by atoms with E-state index in [1.54, 1.807) is 11.8 Å². The average molecular weight is 449 g/mol. The molecule has 7 nitrogen and oxygen atoms in total. The summed E-state index contributed by atoms with van der Waals surface area (Å²) in [5.74, 6) is 0.626. The van der Waals surface area contributed by atoms with E-state index in [1.807, 2.05) is 49.4 Å².